The topological polar surface area (TPSA) is 0 Å². The molecule has 0 aliphatic heterocycles. The molecule has 0 heterocycles. The minimum Gasteiger partial charge on any atom is -0.0901 e. The maximum atomic E-state index is 2.36. The molecule has 0 atom stereocenters. The van der Waals surface area contributed by atoms with Crippen molar-refractivity contribution in [2.75, 3.05) is 0 Å². The summed E-state index contributed by atoms with van der Waals surface area (Å²) in [6.07, 6.45) is 6.85. The van der Waals surface area contributed by atoms with Crippen molar-refractivity contribution in [1.82, 2.24) is 0 Å². The van der Waals surface area contributed by atoms with E-state index in [1.807, 2.05) is 11.8 Å². The number of hydrogen-bond donors (Lipinski definition) is 0. The number of fused-ring (bicyclic) bond motifs is 2. The molecule has 0 fully saturated rings. The van der Waals surface area contributed by atoms with E-state index in [0.717, 1.165) is 12.8 Å². The van der Waals surface area contributed by atoms with E-state index in [1.54, 1.807) is 0 Å². The summed E-state index contributed by atoms with van der Waals surface area (Å²) in [7, 11) is 0. The summed E-state index contributed by atoms with van der Waals surface area (Å²) in [6, 6.07) is 22.0. The fourth-order valence-electron chi connectivity index (χ4n) is 2.85. The van der Waals surface area contributed by atoms with Gasteiger partial charge < -0.3 is 0 Å². The average Bonchev–Trinajstić information content (AvgIpc) is 2.54. The highest BCUT2D eigenvalue weighted by atomic mass is 32.2. The molecule has 0 N–H and O–H groups in total. The molecule has 102 valence electrons. The van der Waals surface area contributed by atoms with Gasteiger partial charge in [0.05, 0.1) is 0 Å². The van der Waals surface area contributed by atoms with Crippen LogP contribution in [0.5, 0.6) is 0 Å². The summed E-state index contributed by atoms with van der Waals surface area (Å²) < 4.78 is 0. The predicted molar refractivity (Wildman–Crippen MR) is 91.9 cm³/mol. The summed E-state index contributed by atoms with van der Waals surface area (Å²) in [6.45, 7) is 0. The molecule has 4 rings (SSSR count). The third-order valence-electron chi connectivity index (χ3n) is 3.93. The second-order valence-electron chi connectivity index (χ2n) is 5.42. The van der Waals surface area contributed by atoms with Crippen LogP contribution >= 0.6 is 11.8 Å². The van der Waals surface area contributed by atoms with Crippen LogP contribution in [-0.2, 0) is 6.42 Å². The lowest BCUT2D eigenvalue weighted by atomic mass is 9.94. The van der Waals surface area contributed by atoms with Gasteiger partial charge in [-0.1, -0.05) is 54.2 Å². The zero-order valence-electron chi connectivity index (χ0n) is 11.8. The Morgan fingerprint density at radius 1 is 0.762 bits per heavy atom. The number of allylic oxidation sites excluding steroid dienone is 1. The molecular formula is C20H16S. The highest BCUT2D eigenvalue weighted by Crippen LogP contribution is 2.32. The summed E-state index contributed by atoms with van der Waals surface area (Å²) in [5.74, 6) is 0. The molecule has 0 bridgehead atoms. The first-order chi connectivity index (χ1) is 10.4. The Morgan fingerprint density at radius 2 is 1.67 bits per heavy atom. The highest BCUT2D eigenvalue weighted by Gasteiger charge is 2.07. The van der Waals surface area contributed by atoms with Gasteiger partial charge in [0.25, 0.3) is 0 Å². The van der Waals surface area contributed by atoms with Crippen LogP contribution in [0, 0.1) is 0 Å². The molecule has 0 amide bonds. The van der Waals surface area contributed by atoms with Gasteiger partial charge in [-0.25, -0.2) is 0 Å². The van der Waals surface area contributed by atoms with Gasteiger partial charge in [-0.15, -0.1) is 0 Å². The van der Waals surface area contributed by atoms with E-state index in [-0.39, 0.29) is 0 Å². The summed E-state index contributed by atoms with van der Waals surface area (Å²) in [5.41, 5.74) is 2.86. The van der Waals surface area contributed by atoms with Crippen LogP contribution in [0.4, 0.5) is 0 Å². The molecule has 1 aliphatic rings. The second kappa shape index (κ2) is 5.42. The van der Waals surface area contributed by atoms with Crippen molar-refractivity contribution in [2.45, 2.75) is 22.6 Å². The summed E-state index contributed by atoms with van der Waals surface area (Å²) in [5, 5.41) is 2.68. The molecule has 0 saturated heterocycles. The Labute approximate surface area is 129 Å². The SMILES string of the molecule is C1=Cc2cc3ccc(Sc4ccccc4)cc3cc2CC1. The van der Waals surface area contributed by atoms with Crippen molar-refractivity contribution in [3.63, 3.8) is 0 Å². The fourth-order valence-corrected chi connectivity index (χ4v) is 3.74. The van der Waals surface area contributed by atoms with Crippen LogP contribution in [0.15, 0.2) is 76.5 Å². The fraction of sp³-hybridized carbons (Fsp3) is 0.100. The first-order valence-corrected chi connectivity index (χ1v) is 8.16. The zero-order valence-corrected chi connectivity index (χ0v) is 12.6. The summed E-state index contributed by atoms with van der Waals surface area (Å²) in [4.78, 5) is 2.60. The standard InChI is InChI=1S/C20H16S/c1-2-8-19(9-3-1)21-20-11-10-17-12-15-6-4-5-7-16(15)13-18(17)14-20/h1-4,6,8-14H,5,7H2. The Hall–Kier alpha value is -1.99. The van der Waals surface area contributed by atoms with Gasteiger partial charge in [0.1, 0.15) is 0 Å². The van der Waals surface area contributed by atoms with Crippen molar-refractivity contribution in [3.8, 4) is 0 Å². The lowest BCUT2D eigenvalue weighted by Crippen LogP contribution is -1.93. The smallest absolute Gasteiger partial charge is 0.0128 e. The molecule has 0 radical (unpaired) electrons. The maximum absolute atomic E-state index is 2.36. The first-order valence-electron chi connectivity index (χ1n) is 7.35. The molecule has 1 aliphatic carbocycles. The van der Waals surface area contributed by atoms with Crippen molar-refractivity contribution in [1.29, 1.82) is 0 Å². The normalized spacial score (nSPS) is 13.3. The van der Waals surface area contributed by atoms with Crippen LogP contribution in [0.3, 0.4) is 0 Å². The van der Waals surface area contributed by atoms with Gasteiger partial charge in [0, 0.05) is 9.79 Å². The van der Waals surface area contributed by atoms with Crippen molar-refractivity contribution in [3.05, 3.63) is 77.9 Å². The number of benzene rings is 3. The van der Waals surface area contributed by atoms with E-state index in [4.69, 9.17) is 0 Å². The third-order valence-corrected chi connectivity index (χ3v) is 4.92. The van der Waals surface area contributed by atoms with Crippen molar-refractivity contribution < 1.29 is 0 Å². The van der Waals surface area contributed by atoms with Crippen LogP contribution in [0.2, 0.25) is 0 Å². The number of hydrogen-bond acceptors (Lipinski definition) is 1. The van der Waals surface area contributed by atoms with Crippen LogP contribution in [0.1, 0.15) is 17.5 Å². The lowest BCUT2D eigenvalue weighted by molar-refractivity contribution is 0.989. The Kier molecular flexibility index (Phi) is 3.28. The summed E-state index contributed by atoms with van der Waals surface area (Å²) >= 11 is 1.83. The second-order valence-corrected chi connectivity index (χ2v) is 6.56. The van der Waals surface area contributed by atoms with E-state index >= 15 is 0 Å². The zero-order chi connectivity index (χ0) is 14.1. The van der Waals surface area contributed by atoms with Gasteiger partial charge in [-0.05, 0) is 65.1 Å². The molecule has 21 heavy (non-hydrogen) atoms. The molecular weight excluding hydrogens is 272 g/mol. The predicted octanol–water partition coefficient (Wildman–Crippen LogP) is 5.95. The van der Waals surface area contributed by atoms with E-state index < -0.39 is 0 Å². The van der Waals surface area contributed by atoms with Crippen LogP contribution in [0.25, 0.3) is 16.8 Å². The molecule has 1 heteroatoms. The molecule has 3 aromatic rings. The molecule has 3 aromatic carbocycles. The van der Waals surface area contributed by atoms with Gasteiger partial charge in [0.15, 0.2) is 0 Å². The monoisotopic (exact) mass is 288 g/mol. The van der Waals surface area contributed by atoms with Gasteiger partial charge >= 0.3 is 0 Å². The minimum atomic E-state index is 1.16. The largest absolute Gasteiger partial charge is 0.0901 e. The van der Waals surface area contributed by atoms with Crippen LogP contribution in [-0.4, -0.2) is 0 Å². The van der Waals surface area contributed by atoms with Gasteiger partial charge in [0.2, 0.25) is 0 Å². The van der Waals surface area contributed by atoms with Crippen molar-refractivity contribution in [2.24, 2.45) is 0 Å². The minimum absolute atomic E-state index is 1.16. The Morgan fingerprint density at radius 3 is 2.57 bits per heavy atom. The maximum Gasteiger partial charge on any atom is 0.0128 e. The number of aryl methyl sites for hydroxylation is 1. The van der Waals surface area contributed by atoms with E-state index in [2.05, 4.69) is 72.8 Å². The molecule has 0 spiro atoms. The van der Waals surface area contributed by atoms with Crippen LogP contribution < -0.4 is 0 Å². The van der Waals surface area contributed by atoms with E-state index in [1.165, 1.54) is 31.7 Å². The molecule has 0 nitrogen and oxygen atoms in total. The lowest BCUT2D eigenvalue weighted by Gasteiger charge is -2.12. The highest BCUT2D eigenvalue weighted by molar-refractivity contribution is 7.99. The molecule has 0 aromatic heterocycles. The third kappa shape index (κ3) is 2.62. The van der Waals surface area contributed by atoms with E-state index in [9.17, 15) is 0 Å². The number of rotatable bonds is 2. The molecule has 0 saturated carbocycles. The Bertz CT molecular complexity index is 816. The van der Waals surface area contributed by atoms with Gasteiger partial charge in [-0.2, -0.15) is 0 Å². The van der Waals surface area contributed by atoms with E-state index in [0.29, 0.717) is 0 Å². The van der Waals surface area contributed by atoms with Gasteiger partial charge in [-0.3, -0.25) is 0 Å². The Balaban J connectivity index is 1.74. The van der Waals surface area contributed by atoms with Crippen molar-refractivity contribution >= 4 is 28.6 Å². The first kappa shape index (κ1) is 12.7. The average molecular weight is 288 g/mol. The molecule has 0 unspecified atom stereocenters. The quantitative estimate of drug-likeness (QED) is 0.561.